The number of hydrogen-bond donors (Lipinski definition) is 0. The fraction of sp³-hybridized carbons (Fsp3) is 0.286. The fourth-order valence-electron chi connectivity index (χ4n) is 2.91. The van der Waals surface area contributed by atoms with Gasteiger partial charge < -0.3 is 4.57 Å². The zero-order valence-corrected chi connectivity index (χ0v) is 20.5. The highest BCUT2D eigenvalue weighted by Crippen LogP contribution is 2.40. The number of halogens is 1. The summed E-state index contributed by atoms with van der Waals surface area (Å²) < 4.78 is 4.28. The molecule has 0 spiro atoms. The number of aromatic nitrogens is 4. The second-order valence-electron chi connectivity index (χ2n) is 7.62. The van der Waals surface area contributed by atoms with Crippen molar-refractivity contribution in [3.63, 3.8) is 0 Å². The van der Waals surface area contributed by atoms with E-state index in [1.54, 1.807) is 34.4 Å². The van der Waals surface area contributed by atoms with Gasteiger partial charge in [0.25, 0.3) is 0 Å². The van der Waals surface area contributed by atoms with E-state index in [4.69, 9.17) is 4.98 Å². The van der Waals surface area contributed by atoms with E-state index in [-0.39, 0.29) is 5.41 Å². The lowest BCUT2D eigenvalue weighted by atomic mass is 9.93. The summed E-state index contributed by atoms with van der Waals surface area (Å²) in [7, 11) is 0. The fourth-order valence-corrected chi connectivity index (χ4v) is 7.13. The number of thiophene rings is 1. The Hall–Kier alpha value is -1.48. The largest absolute Gasteiger partial charge is 0.301 e. The maximum atomic E-state index is 4.86. The van der Waals surface area contributed by atoms with Crippen molar-refractivity contribution in [2.75, 3.05) is 0 Å². The maximum Gasteiger partial charge on any atom is 0.198 e. The molecule has 4 aromatic rings. The Morgan fingerprint density at radius 3 is 2.52 bits per heavy atom. The van der Waals surface area contributed by atoms with Gasteiger partial charge in [-0.15, -0.1) is 21.5 Å². The van der Waals surface area contributed by atoms with E-state index in [9.17, 15) is 0 Å². The highest BCUT2D eigenvalue weighted by molar-refractivity contribution is 9.11. The molecule has 8 heteroatoms. The Kier molecular flexibility index (Phi) is 6.24. The van der Waals surface area contributed by atoms with E-state index in [1.807, 2.05) is 6.07 Å². The van der Waals surface area contributed by atoms with Crippen LogP contribution in [-0.4, -0.2) is 19.7 Å². The Morgan fingerprint density at radius 2 is 1.86 bits per heavy atom. The number of aryl methyl sites for hydroxylation is 1. The summed E-state index contributed by atoms with van der Waals surface area (Å²) in [5.74, 6) is 0.921. The van der Waals surface area contributed by atoms with Gasteiger partial charge in [0.15, 0.2) is 15.3 Å². The van der Waals surface area contributed by atoms with Gasteiger partial charge in [0.1, 0.15) is 0 Å². The Labute approximate surface area is 191 Å². The molecule has 0 aliphatic rings. The maximum absolute atomic E-state index is 4.86. The van der Waals surface area contributed by atoms with Crippen LogP contribution in [-0.2, 0) is 18.4 Å². The smallest absolute Gasteiger partial charge is 0.198 e. The predicted octanol–water partition coefficient (Wildman–Crippen LogP) is 6.92. The first-order chi connectivity index (χ1) is 13.9. The van der Waals surface area contributed by atoms with Crippen LogP contribution in [0.4, 0.5) is 0 Å². The number of benzene rings is 1. The molecule has 1 aromatic carbocycles. The molecule has 4 nitrogen and oxygen atoms in total. The number of hydrogen-bond acceptors (Lipinski definition) is 6. The van der Waals surface area contributed by atoms with Gasteiger partial charge in [-0.2, -0.15) is 0 Å². The van der Waals surface area contributed by atoms with E-state index in [2.05, 4.69) is 93.2 Å². The lowest BCUT2D eigenvalue weighted by molar-refractivity contribution is 0.566. The van der Waals surface area contributed by atoms with Crippen LogP contribution in [0.15, 0.2) is 61.1 Å². The summed E-state index contributed by atoms with van der Waals surface area (Å²) in [4.78, 5) is 6.00. The molecule has 150 valence electrons. The molecular formula is C21H21BrN4S3. The van der Waals surface area contributed by atoms with E-state index >= 15 is 0 Å². The molecule has 0 radical (unpaired) electrons. The highest BCUT2D eigenvalue weighted by Gasteiger charge is 2.24. The van der Waals surface area contributed by atoms with Crippen molar-refractivity contribution in [2.45, 2.75) is 48.6 Å². The molecule has 3 heterocycles. The minimum atomic E-state index is -0.00272. The summed E-state index contributed by atoms with van der Waals surface area (Å²) in [6.45, 7) is 7.36. The molecule has 0 bridgehead atoms. The molecule has 0 unspecified atom stereocenters. The molecular weight excluding hydrogens is 484 g/mol. The minimum Gasteiger partial charge on any atom is -0.301 e. The standard InChI is InChI=1S/C21H21BrN4S3/c1-21(2,3)16-17(22)28-20(23-16)29-19-25-24-18(15-10-7-13-27-15)26(19)12-11-14-8-5-4-6-9-14/h4-10,13H,11-12H2,1-3H3. The van der Waals surface area contributed by atoms with Crippen molar-refractivity contribution in [3.8, 4) is 10.7 Å². The first kappa shape index (κ1) is 20.8. The molecule has 0 amide bonds. The summed E-state index contributed by atoms with van der Waals surface area (Å²) in [5.41, 5.74) is 2.39. The number of rotatable bonds is 6. The van der Waals surface area contributed by atoms with Crippen LogP contribution in [0.5, 0.6) is 0 Å². The second kappa shape index (κ2) is 8.71. The van der Waals surface area contributed by atoms with Crippen molar-refractivity contribution in [2.24, 2.45) is 0 Å². The van der Waals surface area contributed by atoms with Gasteiger partial charge in [0.05, 0.1) is 14.4 Å². The van der Waals surface area contributed by atoms with Gasteiger partial charge in [-0.05, 0) is 51.1 Å². The average Bonchev–Trinajstić information content (AvgIpc) is 3.41. The van der Waals surface area contributed by atoms with Crippen molar-refractivity contribution < 1.29 is 0 Å². The van der Waals surface area contributed by atoms with Gasteiger partial charge >= 0.3 is 0 Å². The van der Waals surface area contributed by atoms with Gasteiger partial charge in [-0.3, -0.25) is 0 Å². The van der Waals surface area contributed by atoms with E-state index in [0.29, 0.717) is 0 Å². The molecule has 0 saturated carbocycles. The minimum absolute atomic E-state index is 0.00272. The van der Waals surface area contributed by atoms with Crippen LogP contribution in [0, 0.1) is 0 Å². The predicted molar refractivity (Wildman–Crippen MR) is 126 cm³/mol. The normalized spacial score (nSPS) is 11.9. The van der Waals surface area contributed by atoms with Crippen LogP contribution in [0.25, 0.3) is 10.7 Å². The molecule has 0 atom stereocenters. The Bertz CT molecular complexity index is 1080. The average molecular weight is 506 g/mol. The Morgan fingerprint density at radius 1 is 1.07 bits per heavy atom. The molecule has 0 fully saturated rings. The second-order valence-corrected chi connectivity index (χ2v) is 12.1. The third kappa shape index (κ3) is 4.82. The summed E-state index contributed by atoms with van der Waals surface area (Å²) >= 11 is 8.62. The molecule has 0 N–H and O–H groups in total. The first-order valence-electron chi connectivity index (χ1n) is 9.27. The zero-order valence-electron chi connectivity index (χ0n) is 16.4. The molecule has 29 heavy (non-hydrogen) atoms. The molecule has 4 rings (SSSR count). The monoisotopic (exact) mass is 504 g/mol. The summed E-state index contributed by atoms with van der Waals surface area (Å²) in [6.07, 6.45) is 0.930. The quantitative estimate of drug-likeness (QED) is 0.285. The van der Waals surface area contributed by atoms with Gasteiger partial charge in [-0.1, -0.05) is 68.5 Å². The van der Waals surface area contributed by atoms with Crippen molar-refractivity contribution in [1.82, 2.24) is 19.7 Å². The third-order valence-electron chi connectivity index (χ3n) is 4.38. The summed E-state index contributed by atoms with van der Waals surface area (Å²) in [6, 6.07) is 14.7. The van der Waals surface area contributed by atoms with Gasteiger partial charge in [-0.25, -0.2) is 4.98 Å². The first-order valence-corrected chi connectivity index (χ1v) is 12.6. The van der Waals surface area contributed by atoms with Crippen molar-refractivity contribution in [3.05, 3.63) is 62.9 Å². The molecule has 3 aromatic heterocycles. The van der Waals surface area contributed by atoms with Gasteiger partial charge in [0.2, 0.25) is 0 Å². The third-order valence-corrected chi connectivity index (χ3v) is 8.00. The van der Waals surface area contributed by atoms with E-state index in [0.717, 1.165) is 42.6 Å². The summed E-state index contributed by atoms with van der Waals surface area (Å²) in [5, 5.41) is 12.0. The topological polar surface area (TPSA) is 43.6 Å². The molecule has 0 aliphatic carbocycles. The Balaban J connectivity index is 1.64. The van der Waals surface area contributed by atoms with Crippen molar-refractivity contribution in [1.29, 1.82) is 0 Å². The van der Waals surface area contributed by atoms with Crippen LogP contribution < -0.4 is 0 Å². The molecule has 0 saturated heterocycles. The zero-order chi connectivity index (χ0) is 20.4. The lowest BCUT2D eigenvalue weighted by Gasteiger charge is -2.15. The van der Waals surface area contributed by atoms with Crippen LogP contribution in [0.3, 0.4) is 0 Å². The van der Waals surface area contributed by atoms with E-state index in [1.165, 1.54) is 5.56 Å². The molecule has 0 aliphatic heterocycles. The van der Waals surface area contributed by atoms with Crippen molar-refractivity contribution >= 4 is 50.4 Å². The number of thiazole rings is 1. The highest BCUT2D eigenvalue weighted by atomic mass is 79.9. The van der Waals surface area contributed by atoms with Crippen LogP contribution in [0.1, 0.15) is 32.0 Å². The van der Waals surface area contributed by atoms with Crippen LogP contribution >= 0.6 is 50.4 Å². The van der Waals surface area contributed by atoms with Gasteiger partial charge in [0, 0.05) is 12.0 Å². The SMILES string of the molecule is CC(C)(C)c1nc(Sc2nnc(-c3cccs3)n2CCc2ccccc2)sc1Br. The number of nitrogens with zero attached hydrogens (tertiary/aromatic N) is 4. The van der Waals surface area contributed by atoms with Crippen LogP contribution in [0.2, 0.25) is 0 Å². The lowest BCUT2D eigenvalue weighted by Crippen LogP contribution is -2.12. The van der Waals surface area contributed by atoms with E-state index < -0.39 is 0 Å².